The van der Waals surface area contributed by atoms with E-state index in [1.807, 2.05) is 13.0 Å². The minimum absolute atomic E-state index is 0.525. The molecule has 2 saturated heterocycles. The van der Waals surface area contributed by atoms with Gasteiger partial charge in [-0.05, 0) is 32.7 Å². The van der Waals surface area contributed by atoms with Gasteiger partial charge in [0, 0.05) is 37.3 Å². The topological polar surface area (TPSA) is 43.8 Å². The lowest BCUT2D eigenvalue weighted by Crippen LogP contribution is -2.58. The van der Waals surface area contributed by atoms with Gasteiger partial charge in [-0.2, -0.15) is 0 Å². The van der Waals surface area contributed by atoms with E-state index in [1.54, 1.807) is 0 Å². The Morgan fingerprint density at radius 1 is 1.37 bits per heavy atom. The molecular weight excluding hydrogens is 240 g/mol. The van der Waals surface area contributed by atoms with Crippen molar-refractivity contribution in [2.24, 2.45) is 0 Å². The first-order chi connectivity index (χ1) is 9.11. The van der Waals surface area contributed by atoms with Crippen LogP contribution in [0.4, 0.5) is 0 Å². The molecule has 2 aliphatic heterocycles. The normalized spacial score (nSPS) is 30.1. The van der Waals surface area contributed by atoms with Crippen molar-refractivity contribution in [2.75, 3.05) is 26.2 Å². The van der Waals surface area contributed by atoms with E-state index in [4.69, 9.17) is 5.11 Å². The number of carbonyl (C=O) groups is 1. The standard InChI is InChI=1S/C15H26N2O2/c1-3-13(15(18)19)7-9-16-11-14-6-4-5-8-17(14)10-12(16)2/h7,12,14H,3-6,8-11H2,1-2H3,(H,18,19). The Bertz CT molecular complexity index is 354. The number of aliphatic carboxylic acids is 1. The van der Waals surface area contributed by atoms with E-state index in [0.717, 1.165) is 19.6 Å². The lowest BCUT2D eigenvalue weighted by molar-refractivity contribution is -0.132. The zero-order valence-electron chi connectivity index (χ0n) is 12.1. The molecule has 2 rings (SSSR count). The molecule has 4 nitrogen and oxygen atoms in total. The maximum atomic E-state index is 11.0. The van der Waals surface area contributed by atoms with Crippen LogP contribution in [0, 0.1) is 0 Å². The highest BCUT2D eigenvalue weighted by Crippen LogP contribution is 2.23. The van der Waals surface area contributed by atoms with Crippen molar-refractivity contribution in [2.45, 2.75) is 51.6 Å². The molecule has 19 heavy (non-hydrogen) atoms. The van der Waals surface area contributed by atoms with Gasteiger partial charge in [-0.15, -0.1) is 0 Å². The van der Waals surface area contributed by atoms with Gasteiger partial charge in [0.1, 0.15) is 0 Å². The lowest BCUT2D eigenvalue weighted by Gasteiger charge is -2.47. The summed E-state index contributed by atoms with van der Waals surface area (Å²) >= 11 is 0. The summed E-state index contributed by atoms with van der Waals surface area (Å²) in [5, 5.41) is 9.06. The van der Waals surface area contributed by atoms with E-state index in [2.05, 4.69) is 16.7 Å². The molecule has 0 spiro atoms. The summed E-state index contributed by atoms with van der Waals surface area (Å²) in [6.45, 7) is 8.41. The summed E-state index contributed by atoms with van der Waals surface area (Å²) in [6.07, 6.45) is 6.48. The number of piperidine rings is 1. The fourth-order valence-corrected chi connectivity index (χ4v) is 3.28. The fourth-order valence-electron chi connectivity index (χ4n) is 3.28. The summed E-state index contributed by atoms with van der Waals surface area (Å²) in [5.41, 5.74) is 0.540. The minimum atomic E-state index is -0.772. The summed E-state index contributed by atoms with van der Waals surface area (Å²) < 4.78 is 0. The molecular formula is C15H26N2O2. The number of fused-ring (bicyclic) bond motifs is 1. The molecule has 0 bridgehead atoms. The van der Waals surface area contributed by atoms with Crippen molar-refractivity contribution in [1.82, 2.24) is 9.80 Å². The molecule has 2 aliphatic rings. The van der Waals surface area contributed by atoms with E-state index in [-0.39, 0.29) is 0 Å². The zero-order chi connectivity index (χ0) is 13.8. The highest BCUT2D eigenvalue weighted by atomic mass is 16.4. The molecule has 0 aromatic heterocycles. The first-order valence-electron chi connectivity index (χ1n) is 7.52. The summed E-state index contributed by atoms with van der Waals surface area (Å²) in [6, 6.07) is 1.21. The van der Waals surface area contributed by atoms with E-state index in [0.29, 0.717) is 24.1 Å². The van der Waals surface area contributed by atoms with Gasteiger partial charge >= 0.3 is 5.97 Å². The third-order valence-corrected chi connectivity index (χ3v) is 4.54. The summed E-state index contributed by atoms with van der Waals surface area (Å²) in [4.78, 5) is 16.1. The second kappa shape index (κ2) is 6.53. The van der Waals surface area contributed by atoms with Crippen LogP contribution in [-0.2, 0) is 4.79 Å². The van der Waals surface area contributed by atoms with Crippen LogP contribution in [0.25, 0.3) is 0 Å². The number of nitrogens with zero attached hydrogens (tertiary/aromatic N) is 2. The predicted octanol–water partition coefficient (Wildman–Crippen LogP) is 1.97. The van der Waals surface area contributed by atoms with Crippen LogP contribution < -0.4 is 0 Å². The Labute approximate surface area is 116 Å². The first-order valence-corrected chi connectivity index (χ1v) is 7.52. The average Bonchev–Trinajstić information content (AvgIpc) is 2.39. The molecule has 0 saturated carbocycles. The highest BCUT2D eigenvalue weighted by Gasteiger charge is 2.32. The average molecular weight is 266 g/mol. The van der Waals surface area contributed by atoms with Crippen LogP contribution in [0.15, 0.2) is 11.6 Å². The molecule has 0 aromatic rings. The number of hydrogen-bond acceptors (Lipinski definition) is 3. The van der Waals surface area contributed by atoms with Gasteiger partial charge in [-0.1, -0.05) is 19.4 Å². The second-order valence-electron chi connectivity index (χ2n) is 5.84. The number of carboxylic acid groups (broad SMARTS) is 1. The fraction of sp³-hybridized carbons (Fsp3) is 0.800. The maximum Gasteiger partial charge on any atom is 0.331 e. The van der Waals surface area contributed by atoms with Crippen molar-refractivity contribution < 1.29 is 9.90 Å². The number of hydrogen-bond donors (Lipinski definition) is 1. The van der Waals surface area contributed by atoms with Crippen LogP contribution in [-0.4, -0.2) is 59.1 Å². The van der Waals surface area contributed by atoms with Gasteiger partial charge in [0.2, 0.25) is 0 Å². The molecule has 2 atom stereocenters. The Morgan fingerprint density at radius 2 is 2.16 bits per heavy atom. The molecule has 0 radical (unpaired) electrons. The Morgan fingerprint density at radius 3 is 2.84 bits per heavy atom. The Hall–Kier alpha value is -0.870. The summed E-state index contributed by atoms with van der Waals surface area (Å²) in [5.74, 6) is -0.772. The molecule has 4 heteroatoms. The van der Waals surface area contributed by atoms with Crippen molar-refractivity contribution in [3.8, 4) is 0 Å². The van der Waals surface area contributed by atoms with Crippen LogP contribution in [0.1, 0.15) is 39.5 Å². The first kappa shape index (κ1) is 14.5. The van der Waals surface area contributed by atoms with Gasteiger partial charge in [-0.3, -0.25) is 9.80 Å². The van der Waals surface area contributed by atoms with E-state index < -0.39 is 5.97 Å². The molecule has 1 N–H and O–H groups in total. The third kappa shape index (κ3) is 3.57. The van der Waals surface area contributed by atoms with Crippen LogP contribution in [0.2, 0.25) is 0 Å². The third-order valence-electron chi connectivity index (χ3n) is 4.54. The van der Waals surface area contributed by atoms with Gasteiger partial charge in [0.05, 0.1) is 0 Å². The zero-order valence-corrected chi connectivity index (χ0v) is 12.1. The molecule has 0 aliphatic carbocycles. The van der Waals surface area contributed by atoms with Crippen LogP contribution >= 0.6 is 0 Å². The molecule has 2 unspecified atom stereocenters. The highest BCUT2D eigenvalue weighted by molar-refractivity contribution is 5.86. The van der Waals surface area contributed by atoms with Gasteiger partial charge in [0.15, 0.2) is 0 Å². The number of rotatable bonds is 4. The molecule has 0 aromatic carbocycles. The minimum Gasteiger partial charge on any atom is -0.478 e. The Kier molecular flexibility index (Phi) is 4.99. The van der Waals surface area contributed by atoms with E-state index >= 15 is 0 Å². The van der Waals surface area contributed by atoms with Crippen molar-refractivity contribution >= 4 is 5.97 Å². The molecule has 2 heterocycles. The van der Waals surface area contributed by atoms with Crippen LogP contribution in [0.3, 0.4) is 0 Å². The van der Waals surface area contributed by atoms with Crippen molar-refractivity contribution in [3.63, 3.8) is 0 Å². The SMILES string of the molecule is CCC(=CCN1CC2CCCCN2CC1C)C(=O)O. The second-order valence-corrected chi connectivity index (χ2v) is 5.84. The largest absolute Gasteiger partial charge is 0.478 e. The molecule has 108 valence electrons. The predicted molar refractivity (Wildman–Crippen MR) is 76.3 cm³/mol. The number of piperazine rings is 1. The maximum absolute atomic E-state index is 11.0. The quantitative estimate of drug-likeness (QED) is 0.790. The number of carboxylic acids is 1. The molecule has 2 fully saturated rings. The monoisotopic (exact) mass is 266 g/mol. The smallest absolute Gasteiger partial charge is 0.331 e. The lowest BCUT2D eigenvalue weighted by atomic mass is 9.97. The van der Waals surface area contributed by atoms with E-state index in [1.165, 1.54) is 25.8 Å². The summed E-state index contributed by atoms with van der Waals surface area (Å²) in [7, 11) is 0. The Balaban J connectivity index is 1.94. The van der Waals surface area contributed by atoms with Crippen molar-refractivity contribution in [3.05, 3.63) is 11.6 Å². The van der Waals surface area contributed by atoms with Gasteiger partial charge < -0.3 is 5.11 Å². The van der Waals surface area contributed by atoms with Gasteiger partial charge in [-0.25, -0.2) is 4.79 Å². The van der Waals surface area contributed by atoms with Crippen LogP contribution in [0.5, 0.6) is 0 Å². The van der Waals surface area contributed by atoms with Crippen molar-refractivity contribution in [1.29, 1.82) is 0 Å². The molecule has 0 amide bonds. The van der Waals surface area contributed by atoms with Gasteiger partial charge in [0.25, 0.3) is 0 Å². The van der Waals surface area contributed by atoms with E-state index in [9.17, 15) is 4.79 Å².